The Morgan fingerprint density at radius 2 is 1.83 bits per heavy atom. The van der Waals surface area contributed by atoms with Crippen molar-refractivity contribution >= 4 is 11.7 Å². The van der Waals surface area contributed by atoms with Gasteiger partial charge in [-0.3, -0.25) is 14.5 Å². The lowest BCUT2D eigenvalue weighted by atomic mass is 9.83. The maximum absolute atomic E-state index is 13.5. The molecule has 1 aromatic heterocycles. The van der Waals surface area contributed by atoms with Gasteiger partial charge in [-0.25, -0.2) is 4.39 Å². The maximum Gasteiger partial charge on any atom is 0.240 e. The Balaban J connectivity index is 1.71. The third kappa shape index (κ3) is 4.03. The number of amides is 1. The van der Waals surface area contributed by atoms with Crippen LogP contribution in [0.5, 0.6) is 0 Å². The Labute approximate surface area is 169 Å². The zero-order chi connectivity index (χ0) is 20.4. The summed E-state index contributed by atoms with van der Waals surface area (Å²) in [5.41, 5.74) is 1.41. The second-order valence-electron chi connectivity index (χ2n) is 7.76. The molecule has 2 unspecified atom stereocenters. The fraction of sp³-hybridized carbons (Fsp3) is 0.391. The predicted octanol–water partition coefficient (Wildman–Crippen LogP) is 4.08. The van der Waals surface area contributed by atoms with Crippen LogP contribution in [-0.4, -0.2) is 34.6 Å². The number of rotatable bonds is 5. The average Bonchev–Trinajstić information content (AvgIpc) is 3.23. The largest absolute Gasteiger partial charge is 0.467 e. The molecule has 0 radical (unpaired) electrons. The number of hydrogen-bond donors (Lipinski definition) is 0. The Morgan fingerprint density at radius 1 is 1.10 bits per heavy atom. The van der Waals surface area contributed by atoms with Gasteiger partial charge < -0.3 is 9.32 Å². The summed E-state index contributed by atoms with van der Waals surface area (Å²) in [4.78, 5) is 30.4. The molecule has 4 rings (SSSR count). The number of ketones is 1. The van der Waals surface area contributed by atoms with Crippen molar-refractivity contribution in [1.82, 2.24) is 9.80 Å². The van der Waals surface area contributed by atoms with Crippen LogP contribution in [0.2, 0.25) is 0 Å². The van der Waals surface area contributed by atoms with Gasteiger partial charge in [-0.1, -0.05) is 18.6 Å². The number of benzene rings is 1. The van der Waals surface area contributed by atoms with Gasteiger partial charge in [-0.05, 0) is 62.7 Å². The summed E-state index contributed by atoms with van der Waals surface area (Å²) in [6.07, 6.45) is 6.31. The molecule has 1 aromatic carbocycles. The van der Waals surface area contributed by atoms with Crippen LogP contribution in [0.3, 0.4) is 0 Å². The number of halogens is 1. The molecule has 0 spiro atoms. The number of allylic oxidation sites excluding steroid dienone is 2. The second kappa shape index (κ2) is 8.33. The van der Waals surface area contributed by atoms with Gasteiger partial charge in [0.25, 0.3) is 0 Å². The van der Waals surface area contributed by atoms with Gasteiger partial charge in [0.1, 0.15) is 17.5 Å². The summed E-state index contributed by atoms with van der Waals surface area (Å²) < 4.78 is 18.9. The number of hydrogen-bond acceptors (Lipinski definition) is 4. The van der Waals surface area contributed by atoms with Crippen molar-refractivity contribution in [3.63, 3.8) is 0 Å². The monoisotopic (exact) mass is 396 g/mol. The van der Waals surface area contributed by atoms with E-state index in [1.54, 1.807) is 42.4 Å². The third-order valence-electron chi connectivity index (χ3n) is 5.82. The highest BCUT2D eigenvalue weighted by Gasteiger charge is 2.43. The van der Waals surface area contributed by atoms with Crippen molar-refractivity contribution in [3.8, 4) is 0 Å². The Kier molecular flexibility index (Phi) is 5.62. The molecule has 29 heavy (non-hydrogen) atoms. The third-order valence-corrected chi connectivity index (χ3v) is 5.82. The maximum atomic E-state index is 13.5. The molecular weight excluding hydrogens is 371 g/mol. The van der Waals surface area contributed by atoms with E-state index in [2.05, 4.69) is 4.90 Å². The number of likely N-dealkylation sites (tertiary alicyclic amines) is 1. The van der Waals surface area contributed by atoms with Crippen molar-refractivity contribution in [1.29, 1.82) is 0 Å². The van der Waals surface area contributed by atoms with Gasteiger partial charge in [-0.15, -0.1) is 0 Å². The summed E-state index contributed by atoms with van der Waals surface area (Å²) in [6, 6.07) is 9.36. The van der Waals surface area contributed by atoms with Gasteiger partial charge in [-0.2, -0.15) is 0 Å². The lowest BCUT2D eigenvalue weighted by Crippen LogP contribution is -2.49. The molecule has 6 heteroatoms. The molecule has 5 nitrogen and oxygen atoms in total. The summed E-state index contributed by atoms with van der Waals surface area (Å²) in [7, 11) is 0. The second-order valence-corrected chi connectivity index (χ2v) is 7.76. The van der Waals surface area contributed by atoms with Crippen LogP contribution in [0.1, 0.15) is 43.6 Å². The summed E-state index contributed by atoms with van der Waals surface area (Å²) >= 11 is 0. The van der Waals surface area contributed by atoms with Crippen LogP contribution in [0.4, 0.5) is 4.39 Å². The number of carbonyl (C=O) groups is 2. The molecule has 2 aromatic rings. The molecule has 0 aliphatic carbocycles. The molecule has 0 saturated carbocycles. The Bertz CT molecular complexity index is 899. The lowest BCUT2D eigenvalue weighted by Gasteiger charge is -2.41. The number of piperidine rings is 1. The minimum atomic E-state index is -0.850. The zero-order valence-electron chi connectivity index (χ0n) is 16.5. The molecule has 3 heterocycles. The van der Waals surface area contributed by atoms with E-state index < -0.39 is 12.0 Å². The van der Waals surface area contributed by atoms with E-state index in [0.29, 0.717) is 11.5 Å². The van der Waals surface area contributed by atoms with E-state index in [1.165, 1.54) is 12.1 Å². The average molecular weight is 396 g/mol. The van der Waals surface area contributed by atoms with Gasteiger partial charge >= 0.3 is 0 Å². The van der Waals surface area contributed by atoms with Crippen molar-refractivity contribution in [2.45, 2.75) is 38.8 Å². The van der Waals surface area contributed by atoms with E-state index in [9.17, 15) is 14.0 Å². The fourth-order valence-electron chi connectivity index (χ4n) is 4.36. The van der Waals surface area contributed by atoms with Crippen molar-refractivity contribution in [2.75, 3.05) is 13.1 Å². The van der Waals surface area contributed by atoms with Crippen LogP contribution in [0.15, 0.2) is 58.9 Å². The van der Waals surface area contributed by atoms with Crippen LogP contribution < -0.4 is 0 Å². The van der Waals surface area contributed by atoms with Gasteiger partial charge in [0.15, 0.2) is 5.78 Å². The highest BCUT2D eigenvalue weighted by atomic mass is 19.1. The number of furan rings is 1. The molecule has 152 valence electrons. The molecular formula is C23H25FN2O3. The van der Waals surface area contributed by atoms with E-state index in [-0.39, 0.29) is 24.1 Å². The highest BCUT2D eigenvalue weighted by molar-refractivity contribution is 6.10. The minimum Gasteiger partial charge on any atom is -0.467 e. The number of nitrogens with zero attached hydrogens (tertiary/aromatic N) is 2. The van der Waals surface area contributed by atoms with Crippen molar-refractivity contribution in [2.24, 2.45) is 5.92 Å². The van der Waals surface area contributed by atoms with Crippen LogP contribution >= 0.6 is 0 Å². The van der Waals surface area contributed by atoms with Crippen LogP contribution in [0.25, 0.3) is 0 Å². The molecule has 0 N–H and O–H groups in total. The van der Waals surface area contributed by atoms with E-state index in [0.717, 1.165) is 37.9 Å². The number of carbonyl (C=O) groups excluding carboxylic acids is 2. The summed E-state index contributed by atoms with van der Waals surface area (Å²) in [5, 5.41) is 0. The minimum absolute atomic E-state index is 0.192. The zero-order valence-corrected chi connectivity index (χ0v) is 16.5. The quantitative estimate of drug-likeness (QED) is 0.715. The lowest BCUT2D eigenvalue weighted by molar-refractivity contribution is -0.144. The van der Waals surface area contributed by atoms with Gasteiger partial charge in [0.05, 0.1) is 18.8 Å². The van der Waals surface area contributed by atoms with E-state index in [4.69, 9.17) is 4.42 Å². The topological polar surface area (TPSA) is 53.8 Å². The molecule has 1 amide bonds. The normalized spacial score (nSPS) is 21.9. The Morgan fingerprint density at radius 3 is 2.48 bits per heavy atom. The predicted molar refractivity (Wildman–Crippen MR) is 106 cm³/mol. The van der Waals surface area contributed by atoms with E-state index in [1.807, 2.05) is 6.07 Å². The first-order valence-corrected chi connectivity index (χ1v) is 10.1. The summed E-state index contributed by atoms with van der Waals surface area (Å²) in [6.45, 7) is 3.69. The fourth-order valence-corrected chi connectivity index (χ4v) is 4.36. The molecule has 0 bridgehead atoms. The van der Waals surface area contributed by atoms with E-state index >= 15 is 0 Å². The highest BCUT2D eigenvalue weighted by Crippen LogP contribution is 2.36. The van der Waals surface area contributed by atoms with Crippen LogP contribution in [0, 0.1) is 11.7 Å². The first kappa shape index (κ1) is 19.6. The van der Waals surface area contributed by atoms with Crippen molar-refractivity contribution in [3.05, 3.63) is 71.6 Å². The molecule has 2 atom stereocenters. The van der Waals surface area contributed by atoms with Crippen LogP contribution in [-0.2, 0) is 16.1 Å². The molecule has 2 aliphatic heterocycles. The molecule has 2 aliphatic rings. The molecule has 1 saturated heterocycles. The SMILES string of the molecule is CC1=CC(=O)C(C(c2ccc(F)cc2)N2CCCCC2)C(=O)N1Cc1ccco1. The summed E-state index contributed by atoms with van der Waals surface area (Å²) in [5.74, 6) is -0.940. The van der Waals surface area contributed by atoms with Gasteiger partial charge in [0, 0.05) is 11.8 Å². The Hall–Kier alpha value is -2.73. The molecule has 1 fully saturated rings. The van der Waals surface area contributed by atoms with Crippen molar-refractivity contribution < 1.29 is 18.4 Å². The smallest absolute Gasteiger partial charge is 0.240 e. The standard InChI is InChI=1S/C23H25FN2O3/c1-16-14-20(27)21(23(28)26(16)15-19-6-5-13-29-19)22(25-11-3-2-4-12-25)17-7-9-18(24)10-8-17/h5-10,13-14,21-22H,2-4,11-12,15H2,1H3. The first-order valence-electron chi connectivity index (χ1n) is 10.1. The van der Waals surface area contributed by atoms with Gasteiger partial charge in [0.2, 0.25) is 5.91 Å². The first-order chi connectivity index (χ1) is 14.0.